The van der Waals surface area contributed by atoms with Crippen LogP contribution in [0.15, 0.2) is 11.6 Å². The molecule has 3 saturated carbocycles. The summed E-state index contributed by atoms with van der Waals surface area (Å²) in [5, 5.41) is 0.366. The van der Waals surface area contributed by atoms with Gasteiger partial charge >= 0.3 is 0 Å². The van der Waals surface area contributed by atoms with E-state index >= 15 is 0 Å². The molecule has 0 unspecified atom stereocenters. The quantitative estimate of drug-likeness (QED) is 0.345. The number of rotatable bonds is 5. The summed E-state index contributed by atoms with van der Waals surface area (Å²) >= 11 is 18.8. The van der Waals surface area contributed by atoms with Gasteiger partial charge in [0, 0.05) is 36.3 Å². The Morgan fingerprint density at radius 3 is 2.44 bits per heavy atom. The summed E-state index contributed by atoms with van der Waals surface area (Å²) in [4.78, 5) is 2.62. The molecule has 4 heteroatoms. The summed E-state index contributed by atoms with van der Waals surface area (Å²) in [7, 11) is 0. The van der Waals surface area contributed by atoms with Crippen LogP contribution in [-0.2, 0) is 0 Å². The van der Waals surface area contributed by atoms with Crippen LogP contribution in [0.5, 0.6) is 0 Å². The number of allylic oxidation sites excluding steroid dienone is 2. The summed E-state index contributed by atoms with van der Waals surface area (Å²) in [6, 6.07) is 0.665. The molecule has 154 valence electrons. The van der Waals surface area contributed by atoms with Crippen molar-refractivity contribution >= 4 is 34.8 Å². The lowest BCUT2D eigenvalue weighted by molar-refractivity contribution is -0.0510. The fourth-order valence-corrected chi connectivity index (χ4v) is 8.54. The van der Waals surface area contributed by atoms with Gasteiger partial charge in [-0.2, -0.15) is 0 Å². The third-order valence-corrected chi connectivity index (χ3v) is 9.89. The van der Waals surface area contributed by atoms with Crippen molar-refractivity contribution in [1.29, 1.82) is 0 Å². The molecule has 0 heterocycles. The Kier molecular flexibility index (Phi) is 6.18. The van der Waals surface area contributed by atoms with Crippen molar-refractivity contribution in [2.24, 2.45) is 28.6 Å². The molecule has 4 aliphatic carbocycles. The molecular formula is C23H36Cl3N. The summed E-state index contributed by atoms with van der Waals surface area (Å²) in [6.45, 7) is 7.13. The summed E-state index contributed by atoms with van der Waals surface area (Å²) in [5.41, 5.74) is 2.55. The van der Waals surface area contributed by atoms with E-state index < -0.39 is 0 Å². The first-order valence-corrected chi connectivity index (χ1v) is 12.6. The van der Waals surface area contributed by atoms with Gasteiger partial charge < -0.3 is 0 Å². The molecule has 0 aromatic rings. The molecule has 4 aliphatic rings. The van der Waals surface area contributed by atoms with Gasteiger partial charge in [-0.05, 0) is 80.0 Å². The fraction of sp³-hybridized carbons (Fsp3) is 0.913. The molecule has 3 fully saturated rings. The maximum Gasteiger partial charge on any atom is 0.0373 e. The molecule has 4 rings (SSSR count). The monoisotopic (exact) mass is 431 g/mol. The minimum absolute atomic E-state index is 0.366. The molecule has 0 amide bonds. The zero-order valence-corrected chi connectivity index (χ0v) is 19.3. The predicted octanol–water partition coefficient (Wildman–Crippen LogP) is 6.70. The van der Waals surface area contributed by atoms with Gasteiger partial charge in [0.2, 0.25) is 0 Å². The van der Waals surface area contributed by atoms with E-state index in [9.17, 15) is 0 Å². The van der Waals surface area contributed by atoms with Crippen LogP contribution in [0.25, 0.3) is 0 Å². The Morgan fingerprint density at radius 1 is 1.00 bits per heavy atom. The Labute approximate surface area is 181 Å². The van der Waals surface area contributed by atoms with Crippen molar-refractivity contribution < 1.29 is 0 Å². The standard InChI is InChI=1S/C23H36Cl3N/c1-22-9-7-17(26)15-16(22)3-4-18-19-5-6-21(27(13-11-24)14-12-25)23(19,2)10-8-20(18)22/h3,17-21H,4-15H2,1-2H3/t17-,18-,19-,20-,21+,22-,23-/m0/s1. The fourth-order valence-electron chi connectivity index (χ4n) is 7.83. The van der Waals surface area contributed by atoms with Crippen LogP contribution in [0.4, 0.5) is 0 Å². The number of nitrogens with zero attached hydrogens (tertiary/aromatic N) is 1. The first-order valence-electron chi connectivity index (χ1n) is 11.1. The Balaban J connectivity index is 1.58. The molecule has 0 bridgehead atoms. The molecule has 27 heavy (non-hydrogen) atoms. The lowest BCUT2D eigenvalue weighted by atomic mass is 9.48. The highest BCUT2D eigenvalue weighted by atomic mass is 35.5. The van der Waals surface area contributed by atoms with Crippen molar-refractivity contribution in [1.82, 2.24) is 4.90 Å². The minimum atomic E-state index is 0.366. The average molecular weight is 433 g/mol. The first kappa shape index (κ1) is 20.8. The third kappa shape index (κ3) is 3.41. The van der Waals surface area contributed by atoms with Gasteiger partial charge in [-0.3, -0.25) is 4.90 Å². The van der Waals surface area contributed by atoms with E-state index in [2.05, 4.69) is 24.8 Å². The number of halogens is 3. The molecule has 0 aromatic carbocycles. The smallest absolute Gasteiger partial charge is 0.0373 e. The molecule has 0 saturated heterocycles. The number of hydrogen-bond donors (Lipinski definition) is 0. The Bertz CT molecular complexity index is 572. The van der Waals surface area contributed by atoms with Crippen molar-refractivity contribution in [3.05, 3.63) is 11.6 Å². The van der Waals surface area contributed by atoms with Gasteiger partial charge in [0.05, 0.1) is 0 Å². The van der Waals surface area contributed by atoms with Crippen molar-refractivity contribution in [2.75, 3.05) is 24.8 Å². The van der Waals surface area contributed by atoms with E-state index in [0.717, 1.165) is 37.3 Å². The topological polar surface area (TPSA) is 3.24 Å². The molecule has 0 aromatic heterocycles. The molecule has 0 N–H and O–H groups in total. The largest absolute Gasteiger partial charge is 0.297 e. The number of hydrogen-bond acceptors (Lipinski definition) is 1. The second-order valence-electron chi connectivity index (χ2n) is 10.2. The van der Waals surface area contributed by atoms with E-state index in [1.54, 1.807) is 5.57 Å². The number of fused-ring (bicyclic) bond motifs is 5. The molecule has 1 nitrogen and oxygen atoms in total. The molecule has 0 spiro atoms. The third-order valence-electron chi connectivity index (χ3n) is 9.18. The second kappa shape index (κ2) is 8.01. The zero-order valence-electron chi connectivity index (χ0n) is 17.0. The van der Waals surface area contributed by atoms with E-state index in [-0.39, 0.29) is 0 Å². The number of alkyl halides is 3. The Hall–Kier alpha value is 0.570. The lowest BCUT2D eigenvalue weighted by Gasteiger charge is -2.58. The van der Waals surface area contributed by atoms with Crippen LogP contribution < -0.4 is 0 Å². The summed E-state index contributed by atoms with van der Waals surface area (Å²) in [6.07, 6.45) is 13.0. The zero-order chi connectivity index (χ0) is 19.2. The van der Waals surface area contributed by atoms with E-state index in [1.165, 1.54) is 44.9 Å². The summed E-state index contributed by atoms with van der Waals surface area (Å²) in [5.74, 6) is 4.02. The van der Waals surface area contributed by atoms with Gasteiger partial charge in [-0.25, -0.2) is 0 Å². The van der Waals surface area contributed by atoms with Crippen LogP contribution in [0.1, 0.15) is 65.2 Å². The maximum absolute atomic E-state index is 6.53. The van der Waals surface area contributed by atoms with Crippen molar-refractivity contribution in [3.63, 3.8) is 0 Å². The van der Waals surface area contributed by atoms with E-state index in [0.29, 0.717) is 34.0 Å². The first-order chi connectivity index (χ1) is 12.9. The maximum atomic E-state index is 6.53. The Morgan fingerprint density at radius 2 is 1.74 bits per heavy atom. The molecule has 0 radical (unpaired) electrons. The van der Waals surface area contributed by atoms with Crippen molar-refractivity contribution in [3.8, 4) is 0 Å². The predicted molar refractivity (Wildman–Crippen MR) is 118 cm³/mol. The van der Waals surface area contributed by atoms with Crippen LogP contribution in [0.2, 0.25) is 0 Å². The normalized spacial score (nSPS) is 46.6. The van der Waals surface area contributed by atoms with Gasteiger partial charge in [0.15, 0.2) is 0 Å². The van der Waals surface area contributed by atoms with E-state index in [1.807, 2.05) is 0 Å². The van der Waals surface area contributed by atoms with Crippen LogP contribution in [0.3, 0.4) is 0 Å². The van der Waals surface area contributed by atoms with Gasteiger partial charge in [0.1, 0.15) is 0 Å². The van der Waals surface area contributed by atoms with Crippen molar-refractivity contribution in [2.45, 2.75) is 76.6 Å². The minimum Gasteiger partial charge on any atom is -0.297 e. The molecular weight excluding hydrogens is 397 g/mol. The van der Waals surface area contributed by atoms with Gasteiger partial charge in [-0.15, -0.1) is 34.8 Å². The highest BCUT2D eigenvalue weighted by Gasteiger charge is 2.59. The lowest BCUT2D eigenvalue weighted by Crippen LogP contribution is -2.54. The average Bonchev–Trinajstić information content (AvgIpc) is 2.99. The second-order valence-corrected chi connectivity index (χ2v) is 11.5. The van der Waals surface area contributed by atoms with E-state index in [4.69, 9.17) is 34.8 Å². The molecule has 0 aliphatic heterocycles. The van der Waals surface area contributed by atoms with Crippen LogP contribution >= 0.6 is 34.8 Å². The summed E-state index contributed by atoms with van der Waals surface area (Å²) < 4.78 is 0. The van der Waals surface area contributed by atoms with Crippen LogP contribution in [0, 0.1) is 28.6 Å². The highest BCUT2D eigenvalue weighted by molar-refractivity contribution is 6.20. The highest BCUT2D eigenvalue weighted by Crippen LogP contribution is 2.65. The van der Waals surface area contributed by atoms with Gasteiger partial charge in [0.25, 0.3) is 0 Å². The van der Waals surface area contributed by atoms with Crippen LogP contribution in [-0.4, -0.2) is 41.2 Å². The SMILES string of the molecule is C[C@]12CC[C@H]3[C@@H](CC=C4C[C@@H](Cl)CC[C@@]43C)[C@@H]1CC[C@H]2N(CCCl)CCCl. The molecule has 7 atom stereocenters. The van der Waals surface area contributed by atoms with Gasteiger partial charge in [-0.1, -0.05) is 25.5 Å².